The van der Waals surface area contributed by atoms with Gasteiger partial charge in [-0.05, 0) is 32.1 Å². The second-order valence-corrected chi connectivity index (χ2v) is 7.95. The average molecular weight is 358 g/mol. The number of amides is 2. The summed E-state index contributed by atoms with van der Waals surface area (Å²) in [6, 6.07) is 0.388. The van der Waals surface area contributed by atoms with Crippen LogP contribution in [0.15, 0.2) is 17.2 Å². The number of aromatic amines is 1. The first kappa shape index (κ1) is 17.2. The Morgan fingerprint density at radius 3 is 2.65 bits per heavy atom. The Labute approximate surface area is 152 Å². The summed E-state index contributed by atoms with van der Waals surface area (Å²) in [7, 11) is 0. The number of hydrogen-bond donors (Lipinski definition) is 1. The molecule has 7 nitrogen and oxygen atoms in total. The molecule has 4 rings (SSSR count). The normalized spacial score (nSPS) is 27.3. The highest BCUT2D eigenvalue weighted by Gasteiger charge is 2.50. The summed E-state index contributed by atoms with van der Waals surface area (Å²) in [4.78, 5) is 47.4. The van der Waals surface area contributed by atoms with E-state index in [0.717, 1.165) is 44.8 Å². The van der Waals surface area contributed by atoms with Crippen molar-refractivity contribution in [2.45, 2.75) is 57.4 Å². The van der Waals surface area contributed by atoms with Crippen LogP contribution < -0.4 is 5.56 Å². The predicted octanol–water partition coefficient (Wildman–Crippen LogP) is 1.56. The van der Waals surface area contributed by atoms with Gasteiger partial charge in [-0.2, -0.15) is 0 Å². The van der Waals surface area contributed by atoms with Crippen molar-refractivity contribution in [3.8, 4) is 0 Å². The molecule has 0 aromatic carbocycles. The lowest BCUT2D eigenvalue weighted by Crippen LogP contribution is -2.54. The minimum absolute atomic E-state index is 0.208. The van der Waals surface area contributed by atoms with Crippen LogP contribution in [0.4, 0.5) is 0 Å². The van der Waals surface area contributed by atoms with Gasteiger partial charge in [-0.3, -0.25) is 14.4 Å². The lowest BCUT2D eigenvalue weighted by molar-refractivity contribution is -0.149. The molecule has 2 saturated heterocycles. The van der Waals surface area contributed by atoms with Crippen molar-refractivity contribution in [2.75, 3.05) is 19.6 Å². The molecule has 3 aliphatic rings. The average Bonchev–Trinajstić information content (AvgIpc) is 3.10. The third-order valence-electron chi connectivity index (χ3n) is 6.32. The van der Waals surface area contributed by atoms with Gasteiger partial charge in [0.1, 0.15) is 5.69 Å². The minimum atomic E-state index is -0.423. The van der Waals surface area contributed by atoms with Crippen molar-refractivity contribution >= 4 is 11.8 Å². The summed E-state index contributed by atoms with van der Waals surface area (Å²) in [5, 5.41) is 0. The fraction of sp³-hybridized carbons (Fsp3) is 0.684. The Balaban J connectivity index is 1.48. The third kappa shape index (κ3) is 3.04. The van der Waals surface area contributed by atoms with Gasteiger partial charge in [-0.25, -0.2) is 4.98 Å². The van der Waals surface area contributed by atoms with E-state index in [1.54, 1.807) is 4.90 Å². The van der Waals surface area contributed by atoms with E-state index in [2.05, 4.69) is 14.9 Å². The van der Waals surface area contributed by atoms with E-state index in [-0.39, 0.29) is 23.1 Å². The molecule has 2 aliphatic heterocycles. The summed E-state index contributed by atoms with van der Waals surface area (Å²) < 4.78 is 0. The monoisotopic (exact) mass is 358 g/mol. The molecular formula is C19H26N4O3. The fourth-order valence-electron chi connectivity index (χ4n) is 4.89. The molecule has 0 radical (unpaired) electrons. The molecule has 1 aliphatic carbocycles. The van der Waals surface area contributed by atoms with E-state index in [4.69, 9.17) is 0 Å². The Morgan fingerprint density at radius 2 is 1.92 bits per heavy atom. The molecule has 1 atom stereocenters. The Kier molecular flexibility index (Phi) is 4.54. The number of hydrogen-bond acceptors (Lipinski definition) is 4. The van der Waals surface area contributed by atoms with Crippen LogP contribution in [0.5, 0.6) is 0 Å². The van der Waals surface area contributed by atoms with Crippen LogP contribution in [0.1, 0.15) is 61.9 Å². The second kappa shape index (κ2) is 6.85. The summed E-state index contributed by atoms with van der Waals surface area (Å²) in [6.45, 7) is 1.90. The van der Waals surface area contributed by atoms with Crippen molar-refractivity contribution < 1.29 is 9.59 Å². The third-order valence-corrected chi connectivity index (χ3v) is 6.32. The van der Waals surface area contributed by atoms with Crippen molar-refractivity contribution in [1.29, 1.82) is 0 Å². The predicted molar refractivity (Wildman–Crippen MR) is 95.6 cm³/mol. The number of carbonyl (C=O) groups excluding carboxylic acids is 2. The van der Waals surface area contributed by atoms with Crippen LogP contribution in [0, 0.1) is 5.41 Å². The summed E-state index contributed by atoms with van der Waals surface area (Å²) in [5.74, 6) is 0.0427. The molecule has 0 bridgehead atoms. The van der Waals surface area contributed by atoms with Gasteiger partial charge in [0.2, 0.25) is 5.91 Å². The first-order valence-corrected chi connectivity index (χ1v) is 9.74. The molecule has 1 N–H and O–H groups in total. The maximum absolute atomic E-state index is 13.3. The smallest absolute Gasteiger partial charge is 0.273 e. The Bertz CT molecular complexity index is 735. The van der Waals surface area contributed by atoms with Crippen molar-refractivity contribution in [2.24, 2.45) is 5.41 Å². The first-order valence-electron chi connectivity index (χ1n) is 9.74. The molecular weight excluding hydrogens is 332 g/mol. The molecule has 3 fully saturated rings. The molecule has 1 aromatic heterocycles. The molecule has 1 saturated carbocycles. The molecule has 2 amide bonds. The molecule has 140 valence electrons. The molecule has 1 spiro atoms. The van der Waals surface area contributed by atoms with Crippen molar-refractivity contribution in [1.82, 2.24) is 19.8 Å². The van der Waals surface area contributed by atoms with E-state index in [1.165, 1.54) is 25.5 Å². The highest BCUT2D eigenvalue weighted by atomic mass is 16.2. The van der Waals surface area contributed by atoms with E-state index < -0.39 is 5.41 Å². The minimum Gasteiger partial charge on any atom is -0.339 e. The SMILES string of the molecule is O=C(c1c[nH]c(=O)cn1)N1CC[C@@]2(CCCN(C3CCCCC3)C2=O)C1. The topological polar surface area (TPSA) is 86.4 Å². The van der Waals surface area contributed by atoms with E-state index in [0.29, 0.717) is 19.1 Å². The number of H-pyrrole nitrogens is 1. The van der Waals surface area contributed by atoms with Crippen LogP contribution in [-0.2, 0) is 4.79 Å². The van der Waals surface area contributed by atoms with Gasteiger partial charge in [0.25, 0.3) is 11.5 Å². The highest BCUT2D eigenvalue weighted by molar-refractivity contribution is 5.93. The Hall–Kier alpha value is -2.18. The van der Waals surface area contributed by atoms with E-state index in [1.807, 2.05) is 0 Å². The van der Waals surface area contributed by atoms with Crippen LogP contribution in [-0.4, -0.2) is 57.3 Å². The Morgan fingerprint density at radius 1 is 1.12 bits per heavy atom. The van der Waals surface area contributed by atoms with Crippen LogP contribution >= 0.6 is 0 Å². The number of carbonyl (C=O) groups is 2. The second-order valence-electron chi connectivity index (χ2n) is 7.95. The van der Waals surface area contributed by atoms with Gasteiger partial charge >= 0.3 is 0 Å². The van der Waals surface area contributed by atoms with Gasteiger partial charge in [-0.1, -0.05) is 19.3 Å². The van der Waals surface area contributed by atoms with Gasteiger partial charge < -0.3 is 14.8 Å². The number of nitrogens with one attached hydrogen (secondary N) is 1. The quantitative estimate of drug-likeness (QED) is 0.869. The van der Waals surface area contributed by atoms with Gasteiger partial charge in [-0.15, -0.1) is 0 Å². The van der Waals surface area contributed by atoms with Crippen LogP contribution in [0.25, 0.3) is 0 Å². The molecule has 3 heterocycles. The van der Waals surface area contributed by atoms with Crippen LogP contribution in [0.2, 0.25) is 0 Å². The zero-order valence-electron chi connectivity index (χ0n) is 15.1. The van der Waals surface area contributed by atoms with Gasteiger partial charge in [0, 0.05) is 31.9 Å². The fourth-order valence-corrected chi connectivity index (χ4v) is 4.89. The van der Waals surface area contributed by atoms with Gasteiger partial charge in [0.05, 0.1) is 11.6 Å². The van der Waals surface area contributed by atoms with Crippen molar-refractivity contribution in [3.63, 3.8) is 0 Å². The lowest BCUT2D eigenvalue weighted by atomic mass is 9.77. The maximum atomic E-state index is 13.3. The van der Waals surface area contributed by atoms with Crippen LogP contribution in [0.3, 0.4) is 0 Å². The summed E-state index contributed by atoms with van der Waals surface area (Å²) >= 11 is 0. The first-order chi connectivity index (χ1) is 12.6. The molecule has 7 heteroatoms. The molecule has 26 heavy (non-hydrogen) atoms. The molecule has 1 aromatic rings. The maximum Gasteiger partial charge on any atom is 0.273 e. The van der Waals surface area contributed by atoms with E-state index in [9.17, 15) is 14.4 Å². The zero-order chi connectivity index (χ0) is 18.1. The van der Waals surface area contributed by atoms with Gasteiger partial charge in [0.15, 0.2) is 0 Å². The lowest BCUT2D eigenvalue weighted by Gasteiger charge is -2.44. The number of rotatable bonds is 2. The van der Waals surface area contributed by atoms with E-state index >= 15 is 0 Å². The number of aromatic nitrogens is 2. The number of likely N-dealkylation sites (tertiary alicyclic amines) is 2. The highest BCUT2D eigenvalue weighted by Crippen LogP contribution is 2.42. The summed E-state index contributed by atoms with van der Waals surface area (Å²) in [5.41, 5.74) is -0.521. The summed E-state index contributed by atoms with van der Waals surface area (Å²) in [6.07, 6.45) is 11.0. The standard InChI is InChI=1S/C19H26N4O3/c24-16-12-20-15(11-21-16)17(25)22-10-8-19(13-22)7-4-9-23(18(19)26)14-5-2-1-3-6-14/h11-12,14H,1-10,13H2,(H,21,24)/t19-/m0/s1. The molecule has 0 unspecified atom stereocenters. The van der Waals surface area contributed by atoms with Crippen molar-refractivity contribution in [3.05, 3.63) is 28.4 Å². The number of nitrogens with zero attached hydrogens (tertiary/aromatic N) is 3. The number of piperidine rings is 1. The zero-order valence-corrected chi connectivity index (χ0v) is 15.1. The largest absolute Gasteiger partial charge is 0.339 e.